The normalized spacial score (nSPS) is 12.4. The molecule has 0 bridgehead atoms. The number of carbonyl (C=O) groups excluding carboxylic acids is 4. The quantitative estimate of drug-likeness (QED) is 0.0486. The molecule has 8 aromatic heterocycles. The molecule has 12 aromatic rings. The van der Waals surface area contributed by atoms with Gasteiger partial charge in [-0.1, -0.05) is 145 Å². The summed E-state index contributed by atoms with van der Waals surface area (Å²) >= 11 is 12.6. The Labute approximate surface area is 624 Å². The van der Waals surface area contributed by atoms with Crippen molar-refractivity contribution in [2.45, 2.75) is 53.9 Å². The minimum Gasteiger partial charge on any atom is -0.506 e. The average molecular weight is 1490 g/mol. The van der Waals surface area contributed by atoms with Crippen LogP contribution in [0.25, 0.3) is 44.1 Å². The molecular formula is C80H80Cl2N12O13. The number of benzene rings is 4. The Morgan fingerprint density at radius 1 is 0.364 bits per heavy atom. The summed E-state index contributed by atoms with van der Waals surface area (Å²) in [6.07, 6.45) is 6.38. The highest BCUT2D eigenvalue weighted by Crippen LogP contribution is 2.31. The number of carbonyl (C=O) groups is 4. The molecule has 2 saturated heterocycles. The number of esters is 4. The van der Waals surface area contributed by atoms with Crippen LogP contribution in [0.15, 0.2) is 214 Å². The molecular weight excluding hydrogens is 1410 g/mol. The van der Waals surface area contributed by atoms with E-state index in [4.69, 9.17) is 42.1 Å². The molecule has 10 heterocycles. The molecule has 107 heavy (non-hydrogen) atoms. The molecule has 0 saturated carbocycles. The van der Waals surface area contributed by atoms with E-state index in [0.29, 0.717) is 64.1 Å². The molecule has 552 valence electrons. The second-order valence-corrected chi connectivity index (χ2v) is 24.7. The number of halogens is 2. The van der Waals surface area contributed by atoms with Crippen LogP contribution >= 0.6 is 23.2 Å². The van der Waals surface area contributed by atoms with E-state index in [-0.39, 0.29) is 83.9 Å². The standard InChI is InChI=1S/C22H24N4O3.2C18H15ClN2O3.C18H16N2O4.C4H10N2/c1-2-29-22(28)18-19(25-13-11-23-12-14-25)17-9-6-10-24-20(17)26(21(18)27)15-16-7-4-3-5-8-16;2*1-2-24-18(23)14-15(19)13-9-6-10-20-16(13)21(17(14)22)11-12-7-4-3-5-8-12;1-2-24-18(23)14-15(21)13-9-6-10-19-16(13)20(17(14)22)11-12-7-4-3-5-8-12;1-2-6-4-3-5-1/h3-10,23H,2,11-15H2,1H3;2*3-10H,2,11H2,1H3;3-10,21H,2,11H2,1H3;5-6H,1-4H2. The lowest BCUT2D eigenvalue weighted by Crippen LogP contribution is -2.45. The van der Waals surface area contributed by atoms with E-state index in [1.54, 1.807) is 87.3 Å². The zero-order valence-corrected chi connectivity index (χ0v) is 60.9. The fraction of sp³-hybridized carbons (Fsp3) is 0.250. The third-order valence-corrected chi connectivity index (χ3v) is 17.7. The first-order valence-corrected chi connectivity index (χ1v) is 35.6. The van der Waals surface area contributed by atoms with Crippen LogP contribution in [0.3, 0.4) is 0 Å². The lowest BCUT2D eigenvalue weighted by Gasteiger charge is -2.32. The monoisotopic (exact) mass is 1490 g/mol. The maximum absolute atomic E-state index is 13.5. The molecule has 4 aromatic carbocycles. The average Bonchev–Trinajstić information content (AvgIpc) is 0.766. The molecule has 27 heteroatoms. The second kappa shape index (κ2) is 38.3. The number of anilines is 1. The molecule has 0 amide bonds. The molecule has 0 spiro atoms. The minimum absolute atomic E-state index is 0.0749. The van der Waals surface area contributed by atoms with Crippen molar-refractivity contribution in [2.75, 3.05) is 83.7 Å². The number of rotatable bonds is 17. The highest BCUT2D eigenvalue weighted by molar-refractivity contribution is 6.38. The number of hydrogen-bond donors (Lipinski definition) is 4. The Morgan fingerprint density at radius 3 is 0.972 bits per heavy atom. The molecule has 2 aliphatic rings. The Hall–Kier alpha value is -11.7. The largest absolute Gasteiger partial charge is 0.506 e. The van der Waals surface area contributed by atoms with E-state index in [0.717, 1.165) is 66.9 Å². The van der Waals surface area contributed by atoms with Gasteiger partial charge in [0, 0.05) is 93.3 Å². The Kier molecular flexibility index (Phi) is 27.9. The maximum atomic E-state index is 13.5. The van der Waals surface area contributed by atoms with Gasteiger partial charge in [-0.2, -0.15) is 0 Å². The van der Waals surface area contributed by atoms with Crippen molar-refractivity contribution < 1.29 is 43.2 Å². The zero-order chi connectivity index (χ0) is 75.8. The Morgan fingerprint density at radius 2 is 0.636 bits per heavy atom. The molecule has 0 aliphatic carbocycles. The van der Waals surface area contributed by atoms with E-state index < -0.39 is 46.3 Å². The van der Waals surface area contributed by atoms with Gasteiger partial charge < -0.3 is 44.9 Å². The number of aromatic nitrogens is 8. The van der Waals surface area contributed by atoms with E-state index in [2.05, 4.69) is 40.8 Å². The van der Waals surface area contributed by atoms with Gasteiger partial charge in [-0.15, -0.1) is 0 Å². The van der Waals surface area contributed by atoms with Crippen LogP contribution in [0.5, 0.6) is 5.75 Å². The van der Waals surface area contributed by atoms with Crippen LogP contribution in [0, 0.1) is 0 Å². The first kappa shape index (κ1) is 77.9. The fourth-order valence-electron chi connectivity index (χ4n) is 12.0. The lowest BCUT2D eigenvalue weighted by molar-refractivity contribution is 0.0511. The van der Waals surface area contributed by atoms with Crippen LogP contribution in [0.1, 0.15) is 91.4 Å². The van der Waals surface area contributed by atoms with E-state index in [1.807, 2.05) is 133 Å². The number of pyridine rings is 8. The molecule has 2 fully saturated rings. The number of nitrogens with one attached hydrogen (secondary N) is 3. The van der Waals surface area contributed by atoms with Crippen LogP contribution in [0.4, 0.5) is 5.69 Å². The van der Waals surface area contributed by atoms with E-state index in [1.165, 1.54) is 19.9 Å². The van der Waals surface area contributed by atoms with Crippen LogP contribution in [-0.2, 0) is 45.1 Å². The summed E-state index contributed by atoms with van der Waals surface area (Å²) in [4.78, 5) is 121. The smallest absolute Gasteiger partial charge is 0.347 e. The Balaban J connectivity index is 0.000000149. The molecule has 2 aliphatic heterocycles. The SMILES string of the molecule is C1CNCCN1.CCOC(=O)c1c(Cl)c2cccnc2n(Cc2ccccc2)c1=O.CCOC(=O)c1c(Cl)c2cccnc2n(Cc2ccccc2)c1=O.CCOC(=O)c1c(N2CCNCC2)c2cccnc2n(Cc2ccccc2)c1=O.CCOC(=O)c1c(O)c2cccnc2n(Cc2ccccc2)c1=O. The number of fused-ring (bicyclic) bond motifs is 4. The molecule has 0 atom stereocenters. The summed E-state index contributed by atoms with van der Waals surface area (Å²) in [5.74, 6) is -3.27. The third kappa shape index (κ3) is 18.9. The van der Waals surface area contributed by atoms with Gasteiger partial charge in [-0.3, -0.25) is 37.4 Å². The summed E-state index contributed by atoms with van der Waals surface area (Å²) in [5, 5.41) is 22.5. The number of nitrogens with zero attached hydrogens (tertiary/aromatic N) is 9. The van der Waals surface area contributed by atoms with Crippen LogP contribution in [-0.4, -0.2) is 146 Å². The van der Waals surface area contributed by atoms with Crippen molar-refractivity contribution in [3.8, 4) is 5.75 Å². The van der Waals surface area contributed by atoms with Crippen molar-refractivity contribution in [1.82, 2.24) is 54.2 Å². The molecule has 14 rings (SSSR count). The van der Waals surface area contributed by atoms with Gasteiger partial charge in [0.25, 0.3) is 22.2 Å². The van der Waals surface area contributed by atoms with Gasteiger partial charge in [0.2, 0.25) is 0 Å². The van der Waals surface area contributed by atoms with Gasteiger partial charge in [0.1, 0.15) is 45.0 Å². The summed E-state index contributed by atoms with van der Waals surface area (Å²) in [6.45, 7) is 16.1. The number of ether oxygens (including phenoxy) is 4. The summed E-state index contributed by atoms with van der Waals surface area (Å²) in [5.41, 5.74) is 3.47. The van der Waals surface area contributed by atoms with Crippen LogP contribution < -0.4 is 43.1 Å². The van der Waals surface area contributed by atoms with Gasteiger partial charge in [0.05, 0.1) is 73.7 Å². The molecule has 0 radical (unpaired) electrons. The topological polar surface area (TPSA) is 304 Å². The maximum Gasteiger partial charge on any atom is 0.347 e. The number of piperazine rings is 2. The van der Waals surface area contributed by atoms with Gasteiger partial charge in [-0.05, 0) is 98.5 Å². The highest BCUT2D eigenvalue weighted by Gasteiger charge is 2.30. The summed E-state index contributed by atoms with van der Waals surface area (Å²) in [6, 6.07) is 51.9. The van der Waals surface area contributed by atoms with Crippen molar-refractivity contribution in [3.63, 3.8) is 0 Å². The van der Waals surface area contributed by atoms with Gasteiger partial charge >= 0.3 is 23.9 Å². The molecule has 4 N–H and O–H groups in total. The minimum atomic E-state index is -0.840. The van der Waals surface area contributed by atoms with Crippen molar-refractivity contribution in [2.24, 2.45) is 0 Å². The first-order chi connectivity index (χ1) is 52.1. The first-order valence-electron chi connectivity index (χ1n) is 34.9. The van der Waals surface area contributed by atoms with Crippen molar-refractivity contribution >= 4 is 96.9 Å². The van der Waals surface area contributed by atoms with Crippen LogP contribution in [0.2, 0.25) is 10.0 Å². The number of aromatic hydroxyl groups is 1. The third-order valence-electron chi connectivity index (χ3n) is 16.9. The zero-order valence-electron chi connectivity index (χ0n) is 59.4. The predicted molar refractivity (Wildman–Crippen MR) is 413 cm³/mol. The van der Waals surface area contributed by atoms with E-state index >= 15 is 0 Å². The number of hydrogen-bond acceptors (Lipinski definition) is 21. The lowest BCUT2D eigenvalue weighted by atomic mass is 10.1. The van der Waals surface area contributed by atoms with E-state index in [9.17, 15) is 43.5 Å². The highest BCUT2D eigenvalue weighted by atomic mass is 35.5. The summed E-state index contributed by atoms with van der Waals surface area (Å²) in [7, 11) is 0. The van der Waals surface area contributed by atoms with Gasteiger partial charge in [-0.25, -0.2) is 39.1 Å². The van der Waals surface area contributed by atoms with Crippen molar-refractivity contribution in [3.05, 3.63) is 291 Å². The van der Waals surface area contributed by atoms with Gasteiger partial charge in [0.15, 0.2) is 5.56 Å². The second-order valence-electron chi connectivity index (χ2n) is 23.9. The summed E-state index contributed by atoms with van der Waals surface area (Å²) < 4.78 is 26.0. The Bertz CT molecular complexity index is 4960. The predicted octanol–water partition coefficient (Wildman–Crippen LogP) is 10.1. The molecule has 0 unspecified atom stereocenters. The van der Waals surface area contributed by atoms with Crippen molar-refractivity contribution in [1.29, 1.82) is 0 Å². The fourth-order valence-corrected chi connectivity index (χ4v) is 12.6. The molecule has 25 nitrogen and oxygen atoms in total.